The van der Waals surface area contributed by atoms with Gasteiger partial charge in [0, 0.05) is 22.9 Å². The van der Waals surface area contributed by atoms with Gasteiger partial charge in [0.25, 0.3) is 5.91 Å². The number of hydrogen-bond acceptors (Lipinski definition) is 4. The molecule has 0 bridgehead atoms. The molecule has 8 nitrogen and oxygen atoms in total. The maximum Gasteiger partial charge on any atom is 0.268 e. The van der Waals surface area contributed by atoms with Crippen molar-refractivity contribution in [2.24, 2.45) is 11.8 Å². The first-order chi connectivity index (χ1) is 15.8. The van der Waals surface area contributed by atoms with Crippen molar-refractivity contribution in [3.8, 4) is 6.07 Å². The number of benzene rings is 1. The number of piperidine rings is 1. The maximum atomic E-state index is 13.0. The SMILES string of the molecule is N#CC(CC1CCCNC1=O)NC(=O)C(CC1CC1)NC(=O)c1cc2cc(Cl)cc(Cl)c2[nH]1. The lowest BCUT2D eigenvalue weighted by atomic mass is 9.92. The molecule has 1 aromatic carbocycles. The summed E-state index contributed by atoms with van der Waals surface area (Å²) in [5.74, 6) is -0.893. The van der Waals surface area contributed by atoms with Crippen molar-refractivity contribution < 1.29 is 14.4 Å². The van der Waals surface area contributed by atoms with E-state index in [1.165, 1.54) is 0 Å². The molecule has 174 valence electrons. The van der Waals surface area contributed by atoms with Crippen LogP contribution in [0.3, 0.4) is 0 Å². The molecule has 1 aliphatic carbocycles. The van der Waals surface area contributed by atoms with Gasteiger partial charge in [0.1, 0.15) is 17.8 Å². The molecular weight excluding hydrogens is 465 g/mol. The van der Waals surface area contributed by atoms with E-state index in [1.54, 1.807) is 18.2 Å². The Morgan fingerprint density at radius 1 is 1.15 bits per heavy atom. The molecule has 2 aromatic rings. The van der Waals surface area contributed by atoms with Crippen LogP contribution in [-0.4, -0.2) is 41.3 Å². The monoisotopic (exact) mass is 489 g/mol. The van der Waals surface area contributed by atoms with Crippen molar-refractivity contribution in [2.45, 2.75) is 50.6 Å². The van der Waals surface area contributed by atoms with E-state index >= 15 is 0 Å². The second-order valence-corrected chi connectivity index (χ2v) is 9.64. The Morgan fingerprint density at radius 3 is 2.64 bits per heavy atom. The van der Waals surface area contributed by atoms with E-state index < -0.39 is 23.9 Å². The topological polar surface area (TPSA) is 127 Å². The summed E-state index contributed by atoms with van der Waals surface area (Å²) in [4.78, 5) is 40.9. The molecular formula is C23H25Cl2N5O3. The van der Waals surface area contributed by atoms with Gasteiger partial charge in [0.15, 0.2) is 0 Å². The van der Waals surface area contributed by atoms with E-state index in [0.29, 0.717) is 46.3 Å². The van der Waals surface area contributed by atoms with Crippen molar-refractivity contribution in [3.05, 3.63) is 33.9 Å². The molecule has 0 radical (unpaired) electrons. The highest BCUT2D eigenvalue weighted by Gasteiger charge is 2.33. The number of carbonyl (C=O) groups is 3. The van der Waals surface area contributed by atoms with E-state index in [9.17, 15) is 19.6 Å². The van der Waals surface area contributed by atoms with Gasteiger partial charge in [-0.3, -0.25) is 14.4 Å². The lowest BCUT2D eigenvalue weighted by Crippen LogP contribution is -2.50. The molecule has 2 fully saturated rings. The van der Waals surface area contributed by atoms with Crippen LogP contribution < -0.4 is 16.0 Å². The van der Waals surface area contributed by atoms with Crippen LogP contribution in [0.5, 0.6) is 0 Å². The fraction of sp³-hybridized carbons (Fsp3) is 0.478. The van der Waals surface area contributed by atoms with Crippen LogP contribution in [0.1, 0.15) is 49.0 Å². The summed E-state index contributed by atoms with van der Waals surface area (Å²) in [5.41, 5.74) is 0.850. The van der Waals surface area contributed by atoms with Crippen LogP contribution in [0.2, 0.25) is 10.0 Å². The quantitative estimate of drug-likeness (QED) is 0.453. The second-order valence-electron chi connectivity index (χ2n) is 8.80. The smallest absolute Gasteiger partial charge is 0.268 e. The van der Waals surface area contributed by atoms with Crippen molar-refractivity contribution in [1.82, 2.24) is 20.9 Å². The predicted molar refractivity (Wildman–Crippen MR) is 125 cm³/mol. The summed E-state index contributed by atoms with van der Waals surface area (Å²) in [6.45, 7) is 0.638. The molecule has 1 aliphatic heterocycles. The Hall–Kier alpha value is -2.76. The van der Waals surface area contributed by atoms with Gasteiger partial charge in [-0.2, -0.15) is 5.26 Å². The van der Waals surface area contributed by atoms with Crippen LogP contribution in [0.25, 0.3) is 10.9 Å². The fourth-order valence-corrected chi connectivity index (χ4v) is 4.76. The average Bonchev–Trinajstić information content (AvgIpc) is 3.49. The molecule has 1 saturated carbocycles. The minimum atomic E-state index is -0.807. The molecule has 4 N–H and O–H groups in total. The Labute approximate surface area is 201 Å². The number of nitrogens with zero attached hydrogens (tertiary/aromatic N) is 1. The average molecular weight is 490 g/mol. The van der Waals surface area contributed by atoms with Gasteiger partial charge in [0.05, 0.1) is 16.6 Å². The Balaban J connectivity index is 1.44. The molecule has 10 heteroatoms. The zero-order chi connectivity index (χ0) is 23.5. The van der Waals surface area contributed by atoms with Crippen molar-refractivity contribution >= 4 is 51.8 Å². The molecule has 3 amide bonds. The standard InChI is InChI=1S/C23H25Cl2N5O3/c24-15-7-14-9-19(29-20(14)17(25)10-15)23(33)30-18(6-12-3-4-12)22(32)28-16(11-26)8-13-2-1-5-27-21(13)31/h7,9-10,12-13,16,18,29H,1-6,8H2,(H,27,31)(H,28,32)(H,30,33). The third-order valence-electron chi connectivity index (χ3n) is 6.17. The lowest BCUT2D eigenvalue weighted by molar-refractivity contribution is -0.128. The number of hydrogen-bond donors (Lipinski definition) is 4. The third kappa shape index (κ3) is 5.79. The summed E-state index contributed by atoms with van der Waals surface area (Å²) in [6.07, 6.45) is 4.29. The molecule has 4 rings (SSSR count). The number of aromatic nitrogens is 1. The second kappa shape index (κ2) is 10.0. The molecule has 2 heterocycles. The third-order valence-corrected chi connectivity index (χ3v) is 6.69. The molecule has 1 aromatic heterocycles. The van der Waals surface area contributed by atoms with Gasteiger partial charge in [-0.1, -0.05) is 36.0 Å². The van der Waals surface area contributed by atoms with Crippen LogP contribution in [0, 0.1) is 23.2 Å². The molecule has 1 saturated heterocycles. The zero-order valence-corrected chi connectivity index (χ0v) is 19.4. The molecule has 3 unspecified atom stereocenters. The first-order valence-electron chi connectivity index (χ1n) is 11.1. The van der Waals surface area contributed by atoms with Gasteiger partial charge < -0.3 is 20.9 Å². The number of nitriles is 1. The molecule has 0 spiro atoms. The van der Waals surface area contributed by atoms with Crippen molar-refractivity contribution in [2.75, 3.05) is 6.54 Å². The predicted octanol–water partition coefficient (Wildman–Crippen LogP) is 3.30. The summed E-state index contributed by atoms with van der Waals surface area (Å²) >= 11 is 12.2. The van der Waals surface area contributed by atoms with Crippen LogP contribution in [0.15, 0.2) is 18.2 Å². The van der Waals surface area contributed by atoms with Crippen LogP contribution >= 0.6 is 23.2 Å². The van der Waals surface area contributed by atoms with Crippen LogP contribution in [-0.2, 0) is 9.59 Å². The highest BCUT2D eigenvalue weighted by atomic mass is 35.5. The largest absolute Gasteiger partial charge is 0.356 e. The van der Waals surface area contributed by atoms with E-state index in [0.717, 1.165) is 19.3 Å². The summed E-state index contributed by atoms with van der Waals surface area (Å²) < 4.78 is 0. The Morgan fingerprint density at radius 2 is 1.94 bits per heavy atom. The zero-order valence-electron chi connectivity index (χ0n) is 17.9. The first-order valence-corrected chi connectivity index (χ1v) is 11.9. The number of rotatable bonds is 8. The molecule has 33 heavy (non-hydrogen) atoms. The van der Waals surface area contributed by atoms with Crippen molar-refractivity contribution in [1.29, 1.82) is 5.26 Å². The number of halogens is 2. The van der Waals surface area contributed by atoms with E-state index in [-0.39, 0.29) is 23.9 Å². The van der Waals surface area contributed by atoms with Gasteiger partial charge in [-0.15, -0.1) is 0 Å². The van der Waals surface area contributed by atoms with Gasteiger partial charge >= 0.3 is 0 Å². The summed E-state index contributed by atoms with van der Waals surface area (Å²) in [6, 6.07) is 5.40. The van der Waals surface area contributed by atoms with E-state index in [4.69, 9.17) is 23.2 Å². The maximum absolute atomic E-state index is 13.0. The summed E-state index contributed by atoms with van der Waals surface area (Å²) in [5, 5.41) is 19.4. The number of nitrogens with one attached hydrogen (secondary N) is 4. The molecule has 2 aliphatic rings. The van der Waals surface area contributed by atoms with Gasteiger partial charge in [-0.05, 0) is 49.8 Å². The first kappa shape index (κ1) is 23.4. The van der Waals surface area contributed by atoms with Crippen LogP contribution in [0.4, 0.5) is 0 Å². The number of fused-ring (bicyclic) bond motifs is 1. The van der Waals surface area contributed by atoms with E-state index in [2.05, 4.69) is 27.0 Å². The minimum absolute atomic E-state index is 0.0869. The van der Waals surface area contributed by atoms with Gasteiger partial charge in [-0.25, -0.2) is 0 Å². The fourth-order valence-electron chi connectivity index (χ4n) is 4.20. The number of H-pyrrole nitrogens is 1. The number of carbonyl (C=O) groups excluding carboxylic acids is 3. The number of aromatic amines is 1. The normalized spacial score (nSPS) is 19.9. The number of amides is 3. The Bertz CT molecular complexity index is 1120. The van der Waals surface area contributed by atoms with E-state index in [1.807, 2.05) is 0 Å². The minimum Gasteiger partial charge on any atom is -0.356 e. The van der Waals surface area contributed by atoms with Crippen molar-refractivity contribution in [3.63, 3.8) is 0 Å². The highest BCUT2D eigenvalue weighted by Crippen LogP contribution is 2.34. The lowest BCUT2D eigenvalue weighted by Gasteiger charge is -2.25. The van der Waals surface area contributed by atoms with Gasteiger partial charge in [0.2, 0.25) is 11.8 Å². The Kier molecular flexibility index (Phi) is 7.11. The summed E-state index contributed by atoms with van der Waals surface area (Å²) in [7, 11) is 0. The molecule has 3 atom stereocenters. The highest BCUT2D eigenvalue weighted by molar-refractivity contribution is 6.38.